The van der Waals surface area contributed by atoms with Gasteiger partial charge in [-0.3, -0.25) is 4.84 Å². The summed E-state index contributed by atoms with van der Waals surface area (Å²) in [5.74, 6) is 0. The van der Waals surface area contributed by atoms with Crippen molar-refractivity contribution in [1.82, 2.24) is 5.06 Å². The van der Waals surface area contributed by atoms with Crippen LogP contribution in [0.2, 0.25) is 0 Å². The van der Waals surface area contributed by atoms with E-state index >= 15 is 0 Å². The lowest BCUT2D eigenvalue weighted by Crippen LogP contribution is -2.15. The summed E-state index contributed by atoms with van der Waals surface area (Å²) in [6.45, 7) is 0.843. The van der Waals surface area contributed by atoms with Gasteiger partial charge in [-0.15, -0.1) is 0 Å². The Morgan fingerprint density at radius 3 is 2.67 bits per heavy atom. The first-order valence-corrected chi connectivity index (χ1v) is 4.28. The van der Waals surface area contributed by atoms with Crippen molar-refractivity contribution in [3.05, 3.63) is 35.9 Å². The molecule has 0 aromatic heterocycles. The molecule has 2 nitrogen and oxygen atoms in total. The van der Waals surface area contributed by atoms with E-state index in [4.69, 9.17) is 4.84 Å². The molecule has 0 bridgehead atoms. The van der Waals surface area contributed by atoms with Crippen molar-refractivity contribution < 1.29 is 4.84 Å². The molecule has 1 atom stereocenters. The quantitative estimate of drug-likeness (QED) is 0.627. The first kappa shape index (κ1) is 7.77. The normalized spacial score (nSPS) is 24.6. The van der Waals surface area contributed by atoms with Crippen LogP contribution >= 0.6 is 0 Å². The highest BCUT2D eigenvalue weighted by molar-refractivity contribution is 5.18. The molecule has 1 aromatic rings. The number of hydroxylamine groups is 2. The van der Waals surface area contributed by atoms with E-state index < -0.39 is 0 Å². The van der Waals surface area contributed by atoms with Crippen molar-refractivity contribution in [3.63, 3.8) is 0 Å². The van der Waals surface area contributed by atoms with Crippen LogP contribution < -0.4 is 0 Å². The molecule has 0 spiro atoms. The number of nitrogens with zero attached hydrogens (tertiary/aromatic N) is 1. The SMILES string of the molecule is CN1OCC[C@@H]1c1ccccc1. The fourth-order valence-electron chi connectivity index (χ4n) is 1.63. The molecule has 0 amide bonds. The van der Waals surface area contributed by atoms with Crippen LogP contribution in [0.4, 0.5) is 0 Å². The molecule has 64 valence electrons. The van der Waals surface area contributed by atoms with Gasteiger partial charge >= 0.3 is 0 Å². The second-order valence-corrected chi connectivity index (χ2v) is 3.09. The molecule has 1 saturated heterocycles. The van der Waals surface area contributed by atoms with Crippen LogP contribution in [0.5, 0.6) is 0 Å². The second kappa shape index (κ2) is 3.25. The summed E-state index contributed by atoms with van der Waals surface area (Å²) in [6, 6.07) is 10.9. The molecule has 1 fully saturated rings. The first-order valence-electron chi connectivity index (χ1n) is 4.28. The maximum atomic E-state index is 5.35. The predicted octanol–water partition coefficient (Wildman–Crippen LogP) is 1.99. The highest BCUT2D eigenvalue weighted by atomic mass is 16.7. The third-order valence-corrected chi connectivity index (χ3v) is 2.31. The zero-order valence-electron chi connectivity index (χ0n) is 7.23. The number of rotatable bonds is 1. The van der Waals surface area contributed by atoms with Crippen LogP contribution in [0.25, 0.3) is 0 Å². The summed E-state index contributed by atoms with van der Waals surface area (Å²) in [6.07, 6.45) is 1.10. The Bertz CT molecular complexity index is 247. The molecule has 1 aliphatic heterocycles. The highest BCUT2D eigenvalue weighted by Crippen LogP contribution is 2.27. The van der Waals surface area contributed by atoms with Gasteiger partial charge in [-0.2, -0.15) is 5.06 Å². The van der Waals surface area contributed by atoms with Crippen molar-refractivity contribution in [3.8, 4) is 0 Å². The number of hydrogen-bond acceptors (Lipinski definition) is 2. The Balaban J connectivity index is 2.19. The molecule has 2 rings (SSSR count). The Labute approximate surface area is 72.7 Å². The minimum absolute atomic E-state index is 0.450. The summed E-state index contributed by atoms with van der Waals surface area (Å²) in [7, 11) is 1.99. The Kier molecular flexibility index (Phi) is 2.11. The van der Waals surface area contributed by atoms with E-state index in [9.17, 15) is 0 Å². The lowest BCUT2D eigenvalue weighted by atomic mass is 10.1. The molecular formula is C10H13NO. The molecule has 0 N–H and O–H groups in total. The average molecular weight is 163 g/mol. The van der Waals surface area contributed by atoms with Gasteiger partial charge < -0.3 is 0 Å². The third kappa shape index (κ3) is 1.36. The van der Waals surface area contributed by atoms with E-state index in [0.29, 0.717) is 6.04 Å². The van der Waals surface area contributed by atoms with Gasteiger partial charge in [-0.25, -0.2) is 0 Å². The van der Waals surface area contributed by atoms with E-state index in [0.717, 1.165) is 13.0 Å². The van der Waals surface area contributed by atoms with Gasteiger partial charge in [-0.05, 0) is 12.0 Å². The van der Waals surface area contributed by atoms with Gasteiger partial charge in [0.05, 0.1) is 12.6 Å². The molecule has 1 heterocycles. The molecule has 0 unspecified atom stereocenters. The molecule has 0 saturated carbocycles. The average Bonchev–Trinajstić information content (AvgIpc) is 2.53. The summed E-state index contributed by atoms with van der Waals surface area (Å²) in [5, 5.41) is 1.94. The van der Waals surface area contributed by atoms with E-state index in [-0.39, 0.29) is 0 Å². The van der Waals surface area contributed by atoms with Gasteiger partial charge in [0, 0.05) is 7.05 Å². The first-order chi connectivity index (χ1) is 5.88. The van der Waals surface area contributed by atoms with Crippen LogP contribution in [0.3, 0.4) is 0 Å². The molecule has 1 aromatic carbocycles. The summed E-state index contributed by atoms with van der Waals surface area (Å²) in [5.41, 5.74) is 1.34. The lowest BCUT2D eigenvalue weighted by Gasteiger charge is -2.17. The van der Waals surface area contributed by atoms with Crippen molar-refractivity contribution in [2.24, 2.45) is 0 Å². The van der Waals surface area contributed by atoms with Crippen LogP contribution in [0, 0.1) is 0 Å². The Hall–Kier alpha value is -0.860. The smallest absolute Gasteiger partial charge is 0.0704 e. The van der Waals surface area contributed by atoms with Crippen molar-refractivity contribution in [1.29, 1.82) is 0 Å². The third-order valence-electron chi connectivity index (χ3n) is 2.31. The highest BCUT2D eigenvalue weighted by Gasteiger charge is 2.22. The fraction of sp³-hybridized carbons (Fsp3) is 0.400. The summed E-state index contributed by atoms with van der Waals surface area (Å²) < 4.78 is 0. The fourth-order valence-corrected chi connectivity index (χ4v) is 1.63. The predicted molar refractivity (Wildman–Crippen MR) is 47.5 cm³/mol. The minimum atomic E-state index is 0.450. The van der Waals surface area contributed by atoms with Crippen molar-refractivity contribution in [2.45, 2.75) is 12.5 Å². The number of benzene rings is 1. The van der Waals surface area contributed by atoms with Gasteiger partial charge in [0.2, 0.25) is 0 Å². The molecule has 0 radical (unpaired) electrons. The van der Waals surface area contributed by atoms with Gasteiger partial charge in [0.25, 0.3) is 0 Å². The monoisotopic (exact) mass is 163 g/mol. The number of hydrogen-bond donors (Lipinski definition) is 0. The molecule has 1 aliphatic rings. The Morgan fingerprint density at radius 1 is 1.33 bits per heavy atom. The van der Waals surface area contributed by atoms with E-state index in [1.807, 2.05) is 18.2 Å². The Morgan fingerprint density at radius 2 is 2.08 bits per heavy atom. The standard InChI is InChI=1S/C10H13NO/c1-11-10(7-8-12-11)9-5-3-2-4-6-9/h2-6,10H,7-8H2,1H3/t10-/m1/s1. The van der Waals surface area contributed by atoms with Crippen LogP contribution in [0.15, 0.2) is 30.3 Å². The van der Waals surface area contributed by atoms with E-state index in [2.05, 4.69) is 24.3 Å². The zero-order valence-corrected chi connectivity index (χ0v) is 7.23. The molecular weight excluding hydrogens is 150 g/mol. The van der Waals surface area contributed by atoms with Crippen molar-refractivity contribution >= 4 is 0 Å². The zero-order chi connectivity index (χ0) is 8.39. The van der Waals surface area contributed by atoms with Crippen LogP contribution in [-0.2, 0) is 4.84 Å². The van der Waals surface area contributed by atoms with Gasteiger partial charge in [0.1, 0.15) is 0 Å². The van der Waals surface area contributed by atoms with Crippen molar-refractivity contribution in [2.75, 3.05) is 13.7 Å². The molecule has 12 heavy (non-hydrogen) atoms. The maximum absolute atomic E-state index is 5.35. The minimum Gasteiger partial charge on any atom is -0.299 e. The topological polar surface area (TPSA) is 12.5 Å². The van der Waals surface area contributed by atoms with E-state index in [1.54, 1.807) is 0 Å². The van der Waals surface area contributed by atoms with Gasteiger partial charge in [0.15, 0.2) is 0 Å². The molecule has 2 heteroatoms. The molecule has 0 aliphatic carbocycles. The summed E-state index contributed by atoms with van der Waals surface area (Å²) >= 11 is 0. The lowest BCUT2D eigenvalue weighted by molar-refractivity contribution is -0.110. The maximum Gasteiger partial charge on any atom is 0.0704 e. The second-order valence-electron chi connectivity index (χ2n) is 3.09. The van der Waals surface area contributed by atoms with Crippen LogP contribution in [-0.4, -0.2) is 18.7 Å². The van der Waals surface area contributed by atoms with E-state index in [1.165, 1.54) is 5.56 Å². The van der Waals surface area contributed by atoms with Gasteiger partial charge in [-0.1, -0.05) is 30.3 Å². The largest absolute Gasteiger partial charge is 0.299 e. The summed E-state index contributed by atoms with van der Waals surface area (Å²) in [4.78, 5) is 5.35. The van der Waals surface area contributed by atoms with Crippen LogP contribution in [0.1, 0.15) is 18.0 Å².